The quantitative estimate of drug-likeness (QED) is 0.322. The van der Waals surface area contributed by atoms with Crippen molar-refractivity contribution in [2.75, 3.05) is 5.32 Å². The summed E-state index contributed by atoms with van der Waals surface area (Å²) in [5, 5.41) is 12.3. The molecule has 0 fully saturated rings. The van der Waals surface area contributed by atoms with E-state index in [1.54, 1.807) is 0 Å². The van der Waals surface area contributed by atoms with Crippen molar-refractivity contribution >= 4 is 35.0 Å². The lowest BCUT2D eigenvalue weighted by Crippen LogP contribution is -2.22. The maximum absolute atomic E-state index is 12.7. The average Bonchev–Trinajstić information content (AvgIpc) is 3.19. The number of anilines is 1. The molecule has 0 aliphatic carbocycles. The second kappa shape index (κ2) is 10.6. The van der Waals surface area contributed by atoms with Gasteiger partial charge in [0.05, 0.1) is 10.3 Å². The summed E-state index contributed by atoms with van der Waals surface area (Å²) in [6, 6.07) is 24.8. The van der Waals surface area contributed by atoms with Gasteiger partial charge in [-0.2, -0.15) is 0 Å². The van der Waals surface area contributed by atoms with Gasteiger partial charge in [0.2, 0.25) is 5.91 Å². The fourth-order valence-corrected chi connectivity index (χ4v) is 4.16. The molecule has 4 aromatic rings. The molecule has 33 heavy (non-hydrogen) atoms. The number of carbonyl (C=O) groups excluding carboxylic acids is 1. The summed E-state index contributed by atoms with van der Waals surface area (Å²) >= 11 is 7.62. The van der Waals surface area contributed by atoms with Gasteiger partial charge in [0, 0.05) is 18.3 Å². The van der Waals surface area contributed by atoms with E-state index in [4.69, 9.17) is 16.3 Å². The first-order chi connectivity index (χ1) is 16.0. The second-order valence-corrected chi connectivity index (χ2v) is 9.11. The number of nitrogens with zero attached hydrogens (tertiary/aromatic N) is 3. The van der Waals surface area contributed by atoms with Crippen molar-refractivity contribution in [1.29, 1.82) is 0 Å². The average molecular weight is 479 g/mol. The number of thioether (sulfide) groups is 1. The number of rotatable bonds is 8. The van der Waals surface area contributed by atoms with Crippen LogP contribution in [0.1, 0.15) is 12.5 Å². The van der Waals surface area contributed by atoms with E-state index >= 15 is 0 Å². The zero-order valence-corrected chi connectivity index (χ0v) is 19.8. The van der Waals surface area contributed by atoms with Gasteiger partial charge in [0.25, 0.3) is 0 Å². The largest absolute Gasteiger partial charge is 0.489 e. The minimum atomic E-state index is -0.374. The number of aromatic nitrogens is 3. The van der Waals surface area contributed by atoms with E-state index in [2.05, 4.69) is 15.5 Å². The third kappa shape index (κ3) is 5.74. The molecule has 3 aromatic carbocycles. The molecule has 0 saturated heterocycles. The highest BCUT2D eigenvalue weighted by atomic mass is 35.5. The number of nitrogens with one attached hydrogen (secondary N) is 1. The first-order valence-corrected chi connectivity index (χ1v) is 11.7. The van der Waals surface area contributed by atoms with Crippen molar-refractivity contribution in [2.45, 2.75) is 23.9 Å². The van der Waals surface area contributed by atoms with Crippen LogP contribution in [0.5, 0.6) is 5.75 Å². The predicted octanol–water partition coefficient (Wildman–Crippen LogP) is 5.83. The molecule has 1 aromatic heterocycles. The number of amides is 1. The maximum atomic E-state index is 12.7. The highest BCUT2D eigenvalue weighted by Crippen LogP contribution is 2.30. The number of hydrogen-bond acceptors (Lipinski definition) is 5. The Morgan fingerprint density at radius 1 is 1.03 bits per heavy atom. The smallest absolute Gasteiger partial charge is 0.237 e. The SMILES string of the molecule is CC(Sc1nnc(-c2ccccc2Cl)n1C)C(=O)Nc1ccc(OCc2ccccc2)cc1. The van der Waals surface area contributed by atoms with Crippen LogP contribution in [0, 0.1) is 0 Å². The van der Waals surface area contributed by atoms with Crippen LogP contribution in [0.2, 0.25) is 5.02 Å². The molecule has 1 heterocycles. The third-order valence-corrected chi connectivity index (χ3v) is 6.43. The van der Waals surface area contributed by atoms with E-state index in [9.17, 15) is 4.79 Å². The van der Waals surface area contributed by atoms with Crippen LogP contribution in [0.3, 0.4) is 0 Å². The Labute approximate surface area is 202 Å². The van der Waals surface area contributed by atoms with Gasteiger partial charge >= 0.3 is 0 Å². The van der Waals surface area contributed by atoms with Crippen LogP contribution >= 0.6 is 23.4 Å². The van der Waals surface area contributed by atoms with Crippen molar-refractivity contribution in [3.8, 4) is 17.1 Å². The van der Waals surface area contributed by atoms with E-state index in [-0.39, 0.29) is 11.2 Å². The number of benzene rings is 3. The normalized spacial score (nSPS) is 11.7. The fraction of sp³-hybridized carbons (Fsp3) is 0.160. The molecule has 1 unspecified atom stereocenters. The second-order valence-electron chi connectivity index (χ2n) is 7.39. The fourth-order valence-electron chi connectivity index (χ4n) is 3.13. The van der Waals surface area contributed by atoms with Crippen LogP contribution in [0.25, 0.3) is 11.4 Å². The number of carbonyl (C=O) groups is 1. The monoisotopic (exact) mass is 478 g/mol. The Balaban J connectivity index is 1.34. The number of halogens is 1. The summed E-state index contributed by atoms with van der Waals surface area (Å²) in [7, 11) is 1.86. The molecule has 0 bridgehead atoms. The minimum absolute atomic E-state index is 0.125. The standard InChI is InChI=1S/C25H23ClN4O2S/c1-17(33-25-29-28-23(30(25)2)21-10-6-7-11-22(21)26)24(31)27-19-12-14-20(15-13-19)32-16-18-8-4-3-5-9-18/h3-15,17H,16H2,1-2H3,(H,27,31). The molecule has 168 valence electrons. The zero-order valence-electron chi connectivity index (χ0n) is 18.2. The Kier molecular flexibility index (Phi) is 7.32. The van der Waals surface area contributed by atoms with E-state index in [1.807, 2.05) is 97.4 Å². The van der Waals surface area contributed by atoms with Crippen molar-refractivity contribution in [3.63, 3.8) is 0 Å². The summed E-state index contributed by atoms with van der Waals surface area (Å²) in [4.78, 5) is 12.7. The predicted molar refractivity (Wildman–Crippen MR) is 133 cm³/mol. The zero-order chi connectivity index (χ0) is 23.2. The van der Waals surface area contributed by atoms with Gasteiger partial charge in [0.1, 0.15) is 12.4 Å². The summed E-state index contributed by atoms with van der Waals surface area (Å²) in [5.41, 5.74) is 2.60. The lowest BCUT2D eigenvalue weighted by Gasteiger charge is -2.12. The molecule has 8 heteroatoms. The van der Waals surface area contributed by atoms with Crippen molar-refractivity contribution in [1.82, 2.24) is 14.8 Å². The molecule has 1 atom stereocenters. The Hall–Kier alpha value is -3.29. The highest BCUT2D eigenvalue weighted by Gasteiger charge is 2.20. The molecule has 0 spiro atoms. The van der Waals surface area contributed by atoms with Gasteiger partial charge in [-0.05, 0) is 48.9 Å². The van der Waals surface area contributed by atoms with Gasteiger partial charge in [-0.25, -0.2) is 0 Å². The summed E-state index contributed by atoms with van der Waals surface area (Å²) in [5.74, 6) is 1.27. The van der Waals surface area contributed by atoms with Crippen LogP contribution in [0.4, 0.5) is 5.69 Å². The van der Waals surface area contributed by atoms with E-state index in [0.717, 1.165) is 16.9 Å². The Morgan fingerprint density at radius 3 is 2.45 bits per heavy atom. The van der Waals surface area contributed by atoms with Gasteiger partial charge in [-0.1, -0.05) is 65.8 Å². The Bertz CT molecular complexity index is 1230. The molecule has 0 radical (unpaired) electrons. The van der Waals surface area contributed by atoms with E-state index < -0.39 is 0 Å². The topological polar surface area (TPSA) is 69.0 Å². The van der Waals surface area contributed by atoms with Gasteiger partial charge in [0.15, 0.2) is 11.0 Å². The van der Waals surface area contributed by atoms with Crippen LogP contribution < -0.4 is 10.1 Å². The molecule has 1 N–H and O–H groups in total. The Morgan fingerprint density at radius 2 is 1.73 bits per heavy atom. The minimum Gasteiger partial charge on any atom is -0.489 e. The highest BCUT2D eigenvalue weighted by molar-refractivity contribution is 8.00. The van der Waals surface area contributed by atoms with E-state index in [1.165, 1.54) is 11.8 Å². The molecule has 1 amide bonds. The molecule has 6 nitrogen and oxygen atoms in total. The van der Waals surface area contributed by atoms with E-state index in [0.29, 0.717) is 28.3 Å². The first kappa shape index (κ1) is 22.9. The van der Waals surface area contributed by atoms with Gasteiger partial charge < -0.3 is 14.6 Å². The third-order valence-electron chi connectivity index (χ3n) is 4.97. The summed E-state index contributed by atoms with van der Waals surface area (Å²) < 4.78 is 7.64. The maximum Gasteiger partial charge on any atom is 0.237 e. The molecule has 0 aliphatic heterocycles. The first-order valence-electron chi connectivity index (χ1n) is 10.4. The van der Waals surface area contributed by atoms with Crippen LogP contribution in [0.15, 0.2) is 84.0 Å². The number of ether oxygens (including phenoxy) is 1. The van der Waals surface area contributed by atoms with Crippen molar-refractivity contribution < 1.29 is 9.53 Å². The molecule has 0 saturated carbocycles. The van der Waals surface area contributed by atoms with Crippen LogP contribution in [-0.2, 0) is 18.4 Å². The van der Waals surface area contributed by atoms with Crippen molar-refractivity contribution in [2.24, 2.45) is 7.05 Å². The summed E-state index contributed by atoms with van der Waals surface area (Å²) in [6.07, 6.45) is 0. The lowest BCUT2D eigenvalue weighted by atomic mass is 10.2. The van der Waals surface area contributed by atoms with Crippen molar-refractivity contribution in [3.05, 3.63) is 89.4 Å². The summed E-state index contributed by atoms with van der Waals surface area (Å²) in [6.45, 7) is 2.33. The lowest BCUT2D eigenvalue weighted by molar-refractivity contribution is -0.115. The van der Waals surface area contributed by atoms with Crippen LogP contribution in [-0.4, -0.2) is 25.9 Å². The molecular formula is C25H23ClN4O2S. The molecular weight excluding hydrogens is 456 g/mol. The van der Waals surface area contributed by atoms with Gasteiger partial charge in [-0.15, -0.1) is 10.2 Å². The molecule has 0 aliphatic rings. The number of hydrogen-bond donors (Lipinski definition) is 1. The van der Waals surface area contributed by atoms with Gasteiger partial charge in [-0.3, -0.25) is 4.79 Å². The molecule has 4 rings (SSSR count).